The minimum absolute atomic E-state index is 0.0499. The Bertz CT molecular complexity index is 836. The lowest BCUT2D eigenvalue weighted by Gasteiger charge is -2.34. The molecule has 0 spiro atoms. The summed E-state index contributed by atoms with van der Waals surface area (Å²) in [6.07, 6.45) is 3.73. The molecule has 3 rings (SSSR count). The molecule has 0 aliphatic carbocycles. The van der Waals surface area contributed by atoms with Crippen LogP contribution in [-0.4, -0.2) is 65.4 Å². The molecule has 2 heterocycles. The average Bonchev–Trinajstić information content (AvgIpc) is 3.15. The highest BCUT2D eigenvalue weighted by Gasteiger charge is 2.25. The molecule has 150 valence electrons. The van der Waals surface area contributed by atoms with Gasteiger partial charge in [-0.25, -0.2) is 0 Å². The zero-order valence-electron chi connectivity index (χ0n) is 16.0. The summed E-state index contributed by atoms with van der Waals surface area (Å²) >= 11 is 0. The molecule has 1 aromatic carbocycles. The van der Waals surface area contributed by atoms with Crippen LogP contribution in [0.25, 0.3) is 0 Å². The van der Waals surface area contributed by atoms with Crippen molar-refractivity contribution in [2.24, 2.45) is 12.0 Å². The van der Waals surface area contributed by atoms with Crippen LogP contribution in [0.1, 0.15) is 11.7 Å². The van der Waals surface area contributed by atoms with Crippen molar-refractivity contribution in [2.45, 2.75) is 6.10 Å². The number of benzene rings is 1. The maximum Gasteiger partial charge on any atom is 0.292 e. The van der Waals surface area contributed by atoms with Gasteiger partial charge in [-0.3, -0.25) is 19.8 Å². The number of hydrogen-bond acceptors (Lipinski definition) is 6. The molecule has 1 aliphatic rings. The Morgan fingerprint density at radius 1 is 1.43 bits per heavy atom. The summed E-state index contributed by atoms with van der Waals surface area (Å²) in [6.45, 7) is 3.14. The Morgan fingerprint density at radius 2 is 2.25 bits per heavy atom. The van der Waals surface area contributed by atoms with Gasteiger partial charge in [0.05, 0.1) is 24.3 Å². The molecule has 1 atom stereocenters. The van der Waals surface area contributed by atoms with E-state index in [-0.39, 0.29) is 16.7 Å². The minimum atomic E-state index is -0.388. The number of nitrogens with zero attached hydrogens (tertiary/aromatic N) is 5. The molecular weight excluding hydrogens is 362 g/mol. The number of guanidine groups is 1. The molecule has 0 amide bonds. The lowest BCUT2D eigenvalue weighted by molar-refractivity contribution is -0.384. The number of para-hydroxylation sites is 2. The fraction of sp³-hybridized carbons (Fsp3) is 0.444. The first-order valence-corrected chi connectivity index (χ1v) is 9.11. The lowest BCUT2D eigenvalue weighted by atomic mass is 10.1. The number of nitrogens with one attached hydrogen (secondary N) is 2. The lowest BCUT2D eigenvalue weighted by Crippen LogP contribution is -2.49. The molecule has 2 N–H and O–H groups in total. The first-order valence-electron chi connectivity index (χ1n) is 9.11. The average molecular weight is 387 g/mol. The van der Waals surface area contributed by atoms with Gasteiger partial charge in [-0.1, -0.05) is 12.1 Å². The molecule has 1 unspecified atom stereocenters. The van der Waals surface area contributed by atoms with E-state index in [9.17, 15) is 10.1 Å². The summed E-state index contributed by atoms with van der Waals surface area (Å²) in [5.41, 5.74) is 1.62. The topological polar surface area (TPSA) is 110 Å². The number of hydrogen-bond donors (Lipinski definition) is 2. The smallest absolute Gasteiger partial charge is 0.292 e. The van der Waals surface area contributed by atoms with Crippen LogP contribution in [0.4, 0.5) is 11.4 Å². The molecule has 1 aliphatic heterocycles. The van der Waals surface area contributed by atoms with Crippen LogP contribution in [0.5, 0.6) is 0 Å². The molecule has 1 fully saturated rings. The van der Waals surface area contributed by atoms with Crippen molar-refractivity contribution < 1.29 is 9.66 Å². The van der Waals surface area contributed by atoms with Crippen LogP contribution in [0.15, 0.2) is 41.7 Å². The summed E-state index contributed by atoms with van der Waals surface area (Å²) in [7, 11) is 3.63. The van der Waals surface area contributed by atoms with Gasteiger partial charge in [0.1, 0.15) is 11.8 Å². The zero-order chi connectivity index (χ0) is 19.9. The van der Waals surface area contributed by atoms with E-state index in [2.05, 4.69) is 25.6 Å². The molecule has 1 aromatic heterocycles. The highest BCUT2D eigenvalue weighted by Crippen LogP contribution is 2.23. The fourth-order valence-electron chi connectivity index (χ4n) is 3.14. The second-order valence-electron chi connectivity index (χ2n) is 6.43. The van der Waals surface area contributed by atoms with Gasteiger partial charge in [0.25, 0.3) is 5.69 Å². The standard InChI is InChI=1S/C18H25N7O3/c1-19-18(21-8-7-20-15-5-3-4-6-16(15)25(26)27)24-9-10-28-17(13-24)14-11-22-23(2)12-14/h3-6,11-12,17,20H,7-10,13H2,1-2H3,(H,19,21). The molecule has 10 nitrogen and oxygen atoms in total. The normalized spacial score (nSPS) is 17.4. The molecule has 0 radical (unpaired) electrons. The van der Waals surface area contributed by atoms with E-state index < -0.39 is 0 Å². The summed E-state index contributed by atoms with van der Waals surface area (Å²) < 4.78 is 7.63. The monoisotopic (exact) mass is 387 g/mol. The molecule has 28 heavy (non-hydrogen) atoms. The first-order chi connectivity index (χ1) is 13.6. The van der Waals surface area contributed by atoms with Gasteiger partial charge in [-0.15, -0.1) is 0 Å². The van der Waals surface area contributed by atoms with Crippen molar-refractivity contribution in [3.05, 3.63) is 52.3 Å². The molecule has 0 bridgehead atoms. The van der Waals surface area contributed by atoms with E-state index in [4.69, 9.17) is 4.74 Å². The number of aromatic nitrogens is 2. The number of aliphatic imine (C=N–C) groups is 1. The van der Waals surface area contributed by atoms with Crippen LogP contribution in [-0.2, 0) is 11.8 Å². The molecule has 0 saturated carbocycles. The third-order valence-corrected chi connectivity index (χ3v) is 4.50. The van der Waals surface area contributed by atoms with Crippen LogP contribution in [0, 0.1) is 10.1 Å². The van der Waals surface area contributed by atoms with Crippen molar-refractivity contribution in [3.63, 3.8) is 0 Å². The maximum absolute atomic E-state index is 11.1. The van der Waals surface area contributed by atoms with Gasteiger partial charge in [-0.05, 0) is 6.07 Å². The number of aryl methyl sites for hydroxylation is 1. The highest BCUT2D eigenvalue weighted by molar-refractivity contribution is 5.80. The minimum Gasteiger partial charge on any atom is -0.378 e. The number of nitro groups is 1. The van der Waals surface area contributed by atoms with Crippen LogP contribution in [0.2, 0.25) is 0 Å². The third kappa shape index (κ3) is 4.77. The summed E-state index contributed by atoms with van der Waals surface area (Å²) in [6, 6.07) is 6.61. The molecule has 2 aromatic rings. The predicted molar refractivity (Wildman–Crippen MR) is 106 cm³/mol. The highest BCUT2D eigenvalue weighted by atomic mass is 16.6. The van der Waals surface area contributed by atoms with Crippen molar-refractivity contribution in [1.82, 2.24) is 20.0 Å². The van der Waals surface area contributed by atoms with Crippen LogP contribution >= 0.6 is 0 Å². The van der Waals surface area contributed by atoms with Crippen molar-refractivity contribution in [1.29, 1.82) is 0 Å². The van der Waals surface area contributed by atoms with E-state index in [1.165, 1.54) is 6.07 Å². The van der Waals surface area contributed by atoms with Gasteiger partial charge < -0.3 is 20.3 Å². The SMILES string of the molecule is CN=C(NCCNc1ccccc1[N+](=O)[O-])N1CCOC(c2cnn(C)c2)C1. The van der Waals surface area contributed by atoms with E-state index >= 15 is 0 Å². The third-order valence-electron chi connectivity index (χ3n) is 4.50. The second kappa shape index (κ2) is 9.18. The second-order valence-corrected chi connectivity index (χ2v) is 6.43. The number of nitro benzene ring substituents is 1. The number of anilines is 1. The molecular formula is C18H25N7O3. The van der Waals surface area contributed by atoms with Crippen molar-refractivity contribution >= 4 is 17.3 Å². The predicted octanol–water partition coefficient (Wildman–Crippen LogP) is 1.39. The Balaban J connectivity index is 1.51. The van der Waals surface area contributed by atoms with Gasteiger partial charge in [0, 0.05) is 51.6 Å². The van der Waals surface area contributed by atoms with Gasteiger partial charge >= 0.3 is 0 Å². The summed E-state index contributed by atoms with van der Waals surface area (Å²) in [5, 5.41) is 21.7. The van der Waals surface area contributed by atoms with Gasteiger partial charge in [-0.2, -0.15) is 5.10 Å². The van der Waals surface area contributed by atoms with Crippen molar-refractivity contribution in [2.75, 3.05) is 45.2 Å². The van der Waals surface area contributed by atoms with E-state index in [0.29, 0.717) is 31.9 Å². The van der Waals surface area contributed by atoms with E-state index in [1.807, 2.05) is 19.4 Å². The Morgan fingerprint density at radius 3 is 2.96 bits per heavy atom. The summed E-state index contributed by atoms with van der Waals surface area (Å²) in [4.78, 5) is 17.2. The van der Waals surface area contributed by atoms with Crippen LogP contribution in [0.3, 0.4) is 0 Å². The Kier molecular flexibility index (Phi) is 6.43. The largest absolute Gasteiger partial charge is 0.378 e. The number of morpholine rings is 1. The first kappa shape index (κ1) is 19.6. The Labute approximate surface area is 163 Å². The van der Waals surface area contributed by atoms with E-state index in [1.54, 1.807) is 29.9 Å². The maximum atomic E-state index is 11.1. The fourth-order valence-corrected chi connectivity index (χ4v) is 3.14. The number of ether oxygens (including phenoxy) is 1. The van der Waals surface area contributed by atoms with Gasteiger partial charge in [0.15, 0.2) is 5.96 Å². The van der Waals surface area contributed by atoms with Gasteiger partial charge in [0.2, 0.25) is 0 Å². The van der Waals surface area contributed by atoms with Crippen molar-refractivity contribution in [3.8, 4) is 0 Å². The molecule has 10 heteroatoms. The molecule has 1 saturated heterocycles. The quantitative estimate of drug-likeness (QED) is 0.253. The number of rotatable bonds is 6. The zero-order valence-corrected chi connectivity index (χ0v) is 16.0. The Hall–Kier alpha value is -3.14. The van der Waals surface area contributed by atoms with Crippen LogP contribution < -0.4 is 10.6 Å². The van der Waals surface area contributed by atoms with E-state index in [0.717, 1.165) is 18.1 Å². The summed E-state index contributed by atoms with van der Waals surface area (Å²) in [5.74, 6) is 0.779.